The van der Waals surface area contributed by atoms with Crippen LogP contribution in [-0.2, 0) is 19.1 Å². The molecule has 1 aromatic heterocycles. The fourth-order valence-electron chi connectivity index (χ4n) is 2.03. The van der Waals surface area contributed by atoms with Gasteiger partial charge in [-0.05, 0) is 39.7 Å². The maximum Gasteiger partial charge on any atom is 0.348 e. The van der Waals surface area contributed by atoms with E-state index >= 15 is 0 Å². The number of cyclic esters (lactones) is 2. The number of nitrogens with zero attached hydrogens (tertiary/aromatic N) is 1. The molecule has 0 atom stereocenters. The summed E-state index contributed by atoms with van der Waals surface area (Å²) in [5.74, 6) is -2.62. The minimum Gasteiger partial charge on any atom is -0.419 e. The van der Waals surface area contributed by atoms with Crippen LogP contribution in [0.5, 0.6) is 0 Å². The third-order valence-electron chi connectivity index (χ3n) is 2.96. The predicted octanol–water partition coefficient (Wildman–Crippen LogP) is 2.54. The lowest BCUT2D eigenvalue weighted by molar-refractivity contribution is -0.222. The molecular formula is C14H11BrN2O4. The SMILES string of the molecule is CC1(C)OC(=O)C(=Cc2ccc3n[nH]c(Br)c3c2)C(=O)O1. The number of H-pyrrole nitrogens is 1. The number of aromatic nitrogens is 2. The molecule has 7 heteroatoms. The first-order valence-corrected chi connectivity index (χ1v) is 6.97. The molecule has 1 saturated heterocycles. The zero-order valence-electron chi connectivity index (χ0n) is 11.3. The topological polar surface area (TPSA) is 81.3 Å². The van der Waals surface area contributed by atoms with Crippen molar-refractivity contribution in [2.45, 2.75) is 19.6 Å². The van der Waals surface area contributed by atoms with Crippen LogP contribution in [0.2, 0.25) is 0 Å². The molecule has 2 heterocycles. The fourth-order valence-corrected chi connectivity index (χ4v) is 2.44. The molecule has 3 rings (SSSR count). The highest BCUT2D eigenvalue weighted by Crippen LogP contribution is 2.26. The van der Waals surface area contributed by atoms with Gasteiger partial charge in [0.1, 0.15) is 10.2 Å². The van der Waals surface area contributed by atoms with E-state index in [0.29, 0.717) is 5.56 Å². The molecule has 0 saturated carbocycles. The zero-order chi connectivity index (χ0) is 15.2. The van der Waals surface area contributed by atoms with Crippen LogP contribution in [0, 0.1) is 0 Å². The molecule has 0 radical (unpaired) electrons. The first-order chi connectivity index (χ1) is 9.85. The third kappa shape index (κ3) is 2.56. The molecule has 0 spiro atoms. The number of rotatable bonds is 1. The summed E-state index contributed by atoms with van der Waals surface area (Å²) in [7, 11) is 0. The smallest absolute Gasteiger partial charge is 0.348 e. The summed E-state index contributed by atoms with van der Waals surface area (Å²) in [5, 5.41) is 7.73. The van der Waals surface area contributed by atoms with E-state index in [4.69, 9.17) is 9.47 Å². The Balaban J connectivity index is 2.01. The van der Waals surface area contributed by atoms with E-state index in [-0.39, 0.29) is 5.57 Å². The van der Waals surface area contributed by atoms with Crippen LogP contribution in [0.1, 0.15) is 19.4 Å². The van der Waals surface area contributed by atoms with Crippen molar-refractivity contribution in [3.8, 4) is 0 Å². The molecule has 0 unspecified atom stereocenters. The number of aromatic amines is 1. The van der Waals surface area contributed by atoms with Crippen LogP contribution in [0.25, 0.3) is 17.0 Å². The summed E-state index contributed by atoms with van der Waals surface area (Å²) in [5.41, 5.74) is 1.32. The van der Waals surface area contributed by atoms with E-state index in [0.717, 1.165) is 15.5 Å². The van der Waals surface area contributed by atoms with E-state index in [1.165, 1.54) is 19.9 Å². The fraction of sp³-hybridized carbons (Fsp3) is 0.214. The molecule has 1 fully saturated rings. The number of esters is 2. The van der Waals surface area contributed by atoms with Crippen molar-refractivity contribution in [1.82, 2.24) is 10.2 Å². The molecule has 0 aliphatic carbocycles. The maximum absolute atomic E-state index is 11.9. The van der Waals surface area contributed by atoms with Gasteiger partial charge in [0.15, 0.2) is 0 Å². The molecule has 1 N–H and O–H groups in total. The zero-order valence-corrected chi connectivity index (χ0v) is 12.9. The summed E-state index contributed by atoms with van der Waals surface area (Å²) in [6.45, 7) is 3.02. The second-order valence-electron chi connectivity index (χ2n) is 5.05. The van der Waals surface area contributed by atoms with Gasteiger partial charge in [-0.15, -0.1) is 0 Å². The van der Waals surface area contributed by atoms with Gasteiger partial charge < -0.3 is 9.47 Å². The Bertz CT molecular complexity index is 769. The van der Waals surface area contributed by atoms with Gasteiger partial charge in [-0.25, -0.2) is 9.59 Å². The Hall–Kier alpha value is -2.15. The van der Waals surface area contributed by atoms with Crippen LogP contribution in [-0.4, -0.2) is 27.9 Å². The number of carbonyl (C=O) groups excluding carboxylic acids is 2. The second kappa shape index (κ2) is 4.70. The number of nitrogens with one attached hydrogen (secondary N) is 1. The van der Waals surface area contributed by atoms with Gasteiger partial charge in [-0.1, -0.05) is 6.07 Å². The number of ether oxygens (including phenoxy) is 2. The first-order valence-electron chi connectivity index (χ1n) is 6.18. The first kappa shape index (κ1) is 13.8. The minimum absolute atomic E-state index is 0.131. The number of halogens is 1. The van der Waals surface area contributed by atoms with Gasteiger partial charge in [0.2, 0.25) is 0 Å². The van der Waals surface area contributed by atoms with Crippen molar-refractivity contribution < 1.29 is 19.1 Å². The Morgan fingerprint density at radius 1 is 1.24 bits per heavy atom. The summed E-state index contributed by atoms with van der Waals surface area (Å²) < 4.78 is 10.8. The number of carbonyl (C=O) groups is 2. The highest BCUT2D eigenvalue weighted by Gasteiger charge is 2.38. The molecule has 1 aliphatic heterocycles. The normalized spacial score (nSPS) is 17.6. The van der Waals surface area contributed by atoms with Crippen LogP contribution in [0.3, 0.4) is 0 Å². The van der Waals surface area contributed by atoms with Crippen molar-refractivity contribution in [2.75, 3.05) is 0 Å². The van der Waals surface area contributed by atoms with E-state index in [9.17, 15) is 9.59 Å². The predicted molar refractivity (Wildman–Crippen MR) is 78.0 cm³/mol. The monoisotopic (exact) mass is 350 g/mol. The van der Waals surface area contributed by atoms with Crippen molar-refractivity contribution in [3.05, 3.63) is 33.9 Å². The van der Waals surface area contributed by atoms with Gasteiger partial charge in [0.25, 0.3) is 5.79 Å². The second-order valence-corrected chi connectivity index (χ2v) is 5.84. The molecule has 1 aromatic carbocycles. The number of hydrogen-bond donors (Lipinski definition) is 1. The van der Waals surface area contributed by atoms with Gasteiger partial charge in [-0.3, -0.25) is 5.10 Å². The lowest BCUT2D eigenvalue weighted by Crippen LogP contribution is -2.41. The van der Waals surface area contributed by atoms with Crippen molar-refractivity contribution in [1.29, 1.82) is 0 Å². The Morgan fingerprint density at radius 3 is 2.57 bits per heavy atom. The van der Waals surface area contributed by atoms with Crippen LogP contribution in [0.4, 0.5) is 0 Å². The third-order valence-corrected chi connectivity index (χ3v) is 3.56. The molecule has 0 amide bonds. The van der Waals surface area contributed by atoms with Crippen LogP contribution < -0.4 is 0 Å². The Labute approximate surface area is 128 Å². The summed E-state index contributed by atoms with van der Waals surface area (Å²) in [4.78, 5) is 23.8. The van der Waals surface area contributed by atoms with Crippen LogP contribution in [0.15, 0.2) is 28.4 Å². The highest BCUT2D eigenvalue weighted by atomic mass is 79.9. The average molecular weight is 351 g/mol. The average Bonchev–Trinajstić information content (AvgIpc) is 2.74. The van der Waals surface area contributed by atoms with Gasteiger partial charge in [0.05, 0.1) is 5.52 Å². The summed E-state index contributed by atoms with van der Waals surface area (Å²) in [6, 6.07) is 5.34. The summed E-state index contributed by atoms with van der Waals surface area (Å²) >= 11 is 3.34. The lowest BCUT2D eigenvalue weighted by Gasteiger charge is -2.29. The summed E-state index contributed by atoms with van der Waals surface area (Å²) in [6.07, 6.45) is 1.44. The number of fused-ring (bicyclic) bond motifs is 1. The van der Waals surface area contributed by atoms with E-state index in [1.54, 1.807) is 18.2 Å². The van der Waals surface area contributed by atoms with Crippen molar-refractivity contribution >= 4 is 44.8 Å². The Kier molecular flexibility index (Phi) is 3.09. The van der Waals surface area contributed by atoms with Crippen LogP contribution >= 0.6 is 15.9 Å². The van der Waals surface area contributed by atoms with Gasteiger partial charge in [-0.2, -0.15) is 5.10 Å². The largest absolute Gasteiger partial charge is 0.419 e. The Morgan fingerprint density at radius 2 is 1.90 bits per heavy atom. The van der Waals surface area contributed by atoms with E-state index < -0.39 is 17.7 Å². The van der Waals surface area contributed by atoms with Crippen molar-refractivity contribution in [3.63, 3.8) is 0 Å². The highest BCUT2D eigenvalue weighted by molar-refractivity contribution is 9.10. The quantitative estimate of drug-likeness (QED) is 0.485. The molecule has 2 aromatic rings. The molecule has 21 heavy (non-hydrogen) atoms. The molecule has 1 aliphatic rings. The minimum atomic E-state index is -1.23. The molecule has 6 nitrogen and oxygen atoms in total. The standard InChI is InChI=1S/C14H11BrN2O4/c1-14(2)20-12(18)9(13(19)21-14)6-7-3-4-10-8(5-7)11(15)17-16-10/h3-6H,1-2H3,(H,16,17). The lowest BCUT2D eigenvalue weighted by atomic mass is 10.1. The van der Waals surface area contributed by atoms with Crippen molar-refractivity contribution in [2.24, 2.45) is 0 Å². The number of benzene rings is 1. The molecular weight excluding hydrogens is 340 g/mol. The maximum atomic E-state index is 11.9. The van der Waals surface area contributed by atoms with E-state index in [2.05, 4.69) is 26.1 Å². The van der Waals surface area contributed by atoms with Gasteiger partial charge >= 0.3 is 11.9 Å². The van der Waals surface area contributed by atoms with E-state index in [1.807, 2.05) is 0 Å². The number of hydrogen-bond acceptors (Lipinski definition) is 5. The molecule has 108 valence electrons. The van der Waals surface area contributed by atoms with Gasteiger partial charge in [0, 0.05) is 19.2 Å². The molecule has 0 bridgehead atoms.